The van der Waals surface area contributed by atoms with E-state index in [9.17, 15) is 5.11 Å². The predicted molar refractivity (Wildman–Crippen MR) is 63.0 cm³/mol. The van der Waals surface area contributed by atoms with Gasteiger partial charge in [0, 0.05) is 17.4 Å². The van der Waals surface area contributed by atoms with Crippen molar-refractivity contribution in [3.63, 3.8) is 0 Å². The molecule has 0 spiro atoms. The van der Waals surface area contributed by atoms with E-state index in [-0.39, 0.29) is 18.3 Å². The molecular formula is C10H16BNO2S. The van der Waals surface area contributed by atoms with Gasteiger partial charge in [-0.3, -0.25) is 0 Å². The molecular weight excluding hydrogens is 209 g/mol. The molecule has 3 atom stereocenters. The molecule has 2 aliphatic heterocycles. The first-order valence-electron chi connectivity index (χ1n) is 5.25. The highest BCUT2D eigenvalue weighted by molar-refractivity contribution is 8.03. The smallest absolute Gasteiger partial charge is 0.0767 e. The van der Waals surface area contributed by atoms with Gasteiger partial charge in [-0.1, -0.05) is 6.08 Å². The van der Waals surface area contributed by atoms with Crippen LogP contribution >= 0.6 is 11.8 Å². The number of rotatable bonds is 2. The predicted octanol–water partition coefficient (Wildman–Crippen LogP) is 0.300. The van der Waals surface area contributed by atoms with Gasteiger partial charge in [-0.25, -0.2) is 0 Å². The van der Waals surface area contributed by atoms with Crippen molar-refractivity contribution in [3.8, 4) is 0 Å². The second-order valence-electron chi connectivity index (χ2n) is 4.25. The average molecular weight is 225 g/mol. The van der Waals surface area contributed by atoms with Crippen molar-refractivity contribution in [3.05, 3.63) is 11.0 Å². The molecule has 2 aliphatic rings. The monoisotopic (exact) mass is 225 g/mol. The largest absolute Gasteiger partial charge is 0.396 e. The van der Waals surface area contributed by atoms with Crippen molar-refractivity contribution in [1.29, 1.82) is 0 Å². The fraction of sp³-hybridized carbons (Fsp3) is 0.800. The second kappa shape index (κ2) is 4.49. The molecule has 0 bridgehead atoms. The minimum Gasteiger partial charge on any atom is -0.396 e. The number of thioether (sulfide) groups is 1. The third-order valence-electron chi connectivity index (χ3n) is 3.18. The molecule has 0 aliphatic carbocycles. The Morgan fingerprint density at radius 2 is 2.53 bits per heavy atom. The topological polar surface area (TPSA) is 55.5 Å². The lowest BCUT2D eigenvalue weighted by molar-refractivity contribution is -0.00587. The van der Waals surface area contributed by atoms with Gasteiger partial charge >= 0.3 is 0 Å². The first-order valence-corrected chi connectivity index (χ1v) is 6.23. The highest BCUT2D eigenvalue weighted by atomic mass is 32.2. The standard InChI is InChI=1S/C10H16BNO2S/c11-8-3-9(15-6-8)10(12)1-2-14-5-7(10)4-13/h3,7-8,13H,1-2,4-6,12H2/t7-,8?,10+/m1/s1. The normalized spacial score (nSPS) is 41.6. The molecule has 5 heteroatoms. The van der Waals surface area contributed by atoms with Crippen LogP contribution in [0.2, 0.25) is 5.82 Å². The summed E-state index contributed by atoms with van der Waals surface area (Å²) in [6.07, 6.45) is 2.81. The van der Waals surface area contributed by atoms with Gasteiger partial charge in [0.1, 0.15) is 0 Å². The summed E-state index contributed by atoms with van der Waals surface area (Å²) >= 11 is 1.72. The van der Waals surface area contributed by atoms with Crippen LogP contribution in [-0.4, -0.2) is 44.1 Å². The molecule has 0 aromatic rings. The lowest BCUT2D eigenvalue weighted by Crippen LogP contribution is -2.54. The zero-order valence-electron chi connectivity index (χ0n) is 8.69. The summed E-state index contributed by atoms with van der Waals surface area (Å²) in [6.45, 7) is 1.28. The van der Waals surface area contributed by atoms with Crippen LogP contribution in [0.4, 0.5) is 0 Å². The van der Waals surface area contributed by atoms with Gasteiger partial charge in [0.15, 0.2) is 0 Å². The molecule has 0 amide bonds. The van der Waals surface area contributed by atoms with Gasteiger partial charge in [0.25, 0.3) is 0 Å². The van der Waals surface area contributed by atoms with Crippen LogP contribution in [0.5, 0.6) is 0 Å². The minimum absolute atomic E-state index is 0.00435. The van der Waals surface area contributed by atoms with E-state index in [2.05, 4.69) is 0 Å². The number of hydrogen-bond donors (Lipinski definition) is 2. The van der Waals surface area contributed by atoms with Gasteiger partial charge in [0.05, 0.1) is 26.6 Å². The van der Waals surface area contributed by atoms with Crippen LogP contribution in [0.3, 0.4) is 0 Å². The number of aliphatic hydroxyl groups excluding tert-OH is 1. The van der Waals surface area contributed by atoms with E-state index in [0.29, 0.717) is 13.2 Å². The first-order chi connectivity index (χ1) is 7.16. The summed E-state index contributed by atoms with van der Waals surface area (Å²) in [5.74, 6) is 0.996. The molecule has 0 saturated carbocycles. The Bertz CT molecular complexity index is 274. The van der Waals surface area contributed by atoms with Gasteiger partial charge in [-0.2, -0.15) is 0 Å². The summed E-state index contributed by atoms with van der Waals surface area (Å²) in [5.41, 5.74) is 5.97. The highest BCUT2D eigenvalue weighted by Gasteiger charge is 2.42. The van der Waals surface area contributed by atoms with E-state index < -0.39 is 5.54 Å². The highest BCUT2D eigenvalue weighted by Crippen LogP contribution is 2.43. The fourth-order valence-electron chi connectivity index (χ4n) is 2.13. The number of ether oxygens (including phenoxy) is 1. The average Bonchev–Trinajstić information content (AvgIpc) is 2.66. The van der Waals surface area contributed by atoms with E-state index >= 15 is 0 Å². The van der Waals surface area contributed by atoms with Gasteiger partial charge in [-0.15, -0.1) is 11.8 Å². The molecule has 2 rings (SSSR count). The molecule has 15 heavy (non-hydrogen) atoms. The van der Waals surface area contributed by atoms with E-state index in [4.69, 9.17) is 18.3 Å². The third kappa shape index (κ3) is 2.11. The molecule has 3 nitrogen and oxygen atoms in total. The number of hydrogen-bond acceptors (Lipinski definition) is 4. The molecule has 1 unspecified atom stereocenters. The molecule has 0 aromatic carbocycles. The number of allylic oxidation sites excluding steroid dienone is 1. The lowest BCUT2D eigenvalue weighted by Gasteiger charge is -2.41. The molecule has 82 valence electrons. The summed E-state index contributed by atoms with van der Waals surface area (Å²) in [5, 5.41) is 9.33. The zero-order valence-corrected chi connectivity index (χ0v) is 9.50. The fourth-order valence-corrected chi connectivity index (χ4v) is 3.40. The molecule has 0 aromatic heterocycles. The van der Waals surface area contributed by atoms with Crippen molar-refractivity contribution in [2.75, 3.05) is 25.6 Å². The molecule has 2 radical (unpaired) electrons. The Kier molecular flexibility index (Phi) is 3.45. The summed E-state index contributed by atoms with van der Waals surface area (Å²) in [4.78, 5) is 1.14. The van der Waals surface area contributed by atoms with E-state index in [1.807, 2.05) is 6.08 Å². The van der Waals surface area contributed by atoms with Crippen LogP contribution in [0.15, 0.2) is 11.0 Å². The van der Waals surface area contributed by atoms with Crippen molar-refractivity contribution >= 4 is 19.6 Å². The van der Waals surface area contributed by atoms with Crippen LogP contribution in [-0.2, 0) is 4.74 Å². The van der Waals surface area contributed by atoms with E-state index in [1.165, 1.54) is 0 Å². The quantitative estimate of drug-likeness (QED) is 0.663. The molecule has 1 saturated heterocycles. The lowest BCUT2D eigenvalue weighted by atomic mass is 9.78. The first kappa shape index (κ1) is 11.5. The van der Waals surface area contributed by atoms with Crippen molar-refractivity contribution in [2.24, 2.45) is 11.7 Å². The van der Waals surface area contributed by atoms with Gasteiger partial charge in [0.2, 0.25) is 0 Å². The van der Waals surface area contributed by atoms with Crippen LogP contribution in [0.1, 0.15) is 6.42 Å². The second-order valence-corrected chi connectivity index (χ2v) is 5.31. The maximum atomic E-state index is 9.33. The van der Waals surface area contributed by atoms with Crippen LogP contribution < -0.4 is 5.73 Å². The van der Waals surface area contributed by atoms with Gasteiger partial charge < -0.3 is 15.6 Å². The Hall–Kier alpha value is 0.0349. The van der Waals surface area contributed by atoms with Gasteiger partial charge in [-0.05, 0) is 18.0 Å². The summed E-state index contributed by atoms with van der Waals surface area (Å²) in [6, 6.07) is 0. The van der Waals surface area contributed by atoms with Crippen molar-refractivity contribution in [1.82, 2.24) is 0 Å². The van der Waals surface area contributed by atoms with Crippen LogP contribution in [0, 0.1) is 5.92 Å². The Balaban J connectivity index is 2.18. The van der Waals surface area contributed by atoms with Crippen LogP contribution in [0.25, 0.3) is 0 Å². The Morgan fingerprint density at radius 3 is 3.13 bits per heavy atom. The summed E-state index contributed by atoms with van der Waals surface area (Å²) < 4.78 is 5.35. The number of nitrogens with two attached hydrogens (primary N) is 1. The minimum atomic E-state index is -0.425. The maximum absolute atomic E-state index is 9.33. The zero-order chi connectivity index (χ0) is 10.9. The maximum Gasteiger partial charge on any atom is 0.0767 e. The number of aliphatic hydroxyl groups is 1. The summed E-state index contributed by atoms with van der Waals surface area (Å²) in [7, 11) is 5.83. The van der Waals surface area contributed by atoms with Crippen molar-refractivity contribution in [2.45, 2.75) is 17.8 Å². The Morgan fingerprint density at radius 1 is 1.73 bits per heavy atom. The Labute approximate surface area is 95.8 Å². The van der Waals surface area contributed by atoms with E-state index in [1.54, 1.807) is 11.8 Å². The SMILES string of the molecule is [B]C1C=C([C@]2(N)CCOC[C@H]2CO)SC1. The molecule has 1 fully saturated rings. The van der Waals surface area contributed by atoms with E-state index in [0.717, 1.165) is 17.1 Å². The van der Waals surface area contributed by atoms with Crippen molar-refractivity contribution < 1.29 is 9.84 Å². The molecule has 3 N–H and O–H groups in total. The molecule has 2 heterocycles. The third-order valence-corrected chi connectivity index (χ3v) is 4.56.